The number of esters is 1. The Morgan fingerprint density at radius 3 is 2.77 bits per heavy atom. The van der Waals surface area contributed by atoms with E-state index in [0.717, 1.165) is 38.6 Å². The van der Waals surface area contributed by atoms with Gasteiger partial charge in [-0.05, 0) is 38.5 Å². The number of fused-ring (bicyclic) bond motifs is 1. The molecule has 0 fully saturated rings. The van der Waals surface area contributed by atoms with Gasteiger partial charge in [0.05, 0.1) is 24.4 Å². The molecule has 1 aromatic carbocycles. The lowest BCUT2D eigenvalue weighted by Gasteiger charge is -2.09. The lowest BCUT2D eigenvalue weighted by Crippen LogP contribution is -2.12. The second-order valence-electron chi connectivity index (χ2n) is 6.43. The zero-order valence-corrected chi connectivity index (χ0v) is 18.9. The summed E-state index contributed by atoms with van der Waals surface area (Å²) in [7, 11) is 1.63. The van der Waals surface area contributed by atoms with Crippen LogP contribution in [0.25, 0.3) is 10.9 Å². The van der Waals surface area contributed by atoms with E-state index in [4.69, 9.17) is 9.47 Å². The van der Waals surface area contributed by atoms with Crippen molar-refractivity contribution in [3.63, 3.8) is 0 Å². The summed E-state index contributed by atoms with van der Waals surface area (Å²) in [6.07, 6.45) is 0.294. The minimum atomic E-state index is -0.420. The number of carbonyl (C=O) groups excluding carboxylic acids is 2. The normalized spacial score (nSPS) is 10.8. The highest BCUT2D eigenvalue weighted by Crippen LogP contribution is 2.30. The molecule has 2 heterocycles. The molecule has 30 heavy (non-hydrogen) atoms. The van der Waals surface area contributed by atoms with Gasteiger partial charge in [0.15, 0.2) is 5.13 Å². The fourth-order valence-electron chi connectivity index (χ4n) is 2.87. The number of anilines is 1. The number of thioether (sulfide) groups is 1. The molecule has 0 atom stereocenters. The van der Waals surface area contributed by atoms with E-state index in [2.05, 4.69) is 15.3 Å². The second kappa shape index (κ2) is 9.90. The summed E-state index contributed by atoms with van der Waals surface area (Å²) >= 11 is 2.63. The molecular formula is C21H23N3O4S2. The number of hydrogen-bond acceptors (Lipinski definition) is 8. The van der Waals surface area contributed by atoms with E-state index in [-0.39, 0.29) is 5.91 Å². The molecule has 0 unspecified atom stereocenters. The summed E-state index contributed by atoms with van der Waals surface area (Å²) in [6, 6.07) is 7.86. The number of benzene rings is 1. The van der Waals surface area contributed by atoms with Gasteiger partial charge in [-0.1, -0.05) is 23.5 Å². The zero-order valence-electron chi connectivity index (χ0n) is 17.3. The Labute approximate surface area is 183 Å². The first-order valence-electron chi connectivity index (χ1n) is 9.44. The number of pyridine rings is 1. The number of methoxy groups -OCH3 is 1. The van der Waals surface area contributed by atoms with E-state index in [0.29, 0.717) is 34.5 Å². The third-order valence-corrected chi connectivity index (χ3v) is 6.25. The minimum Gasteiger partial charge on any atom is -0.494 e. The van der Waals surface area contributed by atoms with Crippen molar-refractivity contribution in [1.29, 1.82) is 0 Å². The van der Waals surface area contributed by atoms with Crippen LogP contribution in [0.5, 0.6) is 5.75 Å². The highest BCUT2D eigenvalue weighted by Gasteiger charge is 2.17. The smallest absolute Gasteiger partial charge is 0.350 e. The lowest BCUT2D eigenvalue weighted by molar-refractivity contribution is -0.115. The first kappa shape index (κ1) is 22.0. The topological polar surface area (TPSA) is 90.4 Å². The average molecular weight is 446 g/mol. The van der Waals surface area contributed by atoms with Crippen LogP contribution in [0.3, 0.4) is 0 Å². The average Bonchev–Trinajstić information content (AvgIpc) is 3.08. The quantitative estimate of drug-likeness (QED) is 0.400. The molecule has 3 aromatic rings. The van der Waals surface area contributed by atoms with Crippen LogP contribution in [-0.2, 0) is 9.53 Å². The van der Waals surface area contributed by atoms with Crippen LogP contribution in [-0.4, -0.2) is 41.3 Å². The number of nitrogens with zero attached hydrogens (tertiary/aromatic N) is 2. The summed E-state index contributed by atoms with van der Waals surface area (Å²) in [5.74, 6) is 0.708. The predicted molar refractivity (Wildman–Crippen MR) is 120 cm³/mol. The number of thiazole rings is 1. The largest absolute Gasteiger partial charge is 0.494 e. The maximum Gasteiger partial charge on any atom is 0.350 e. The number of rotatable bonds is 8. The van der Waals surface area contributed by atoms with E-state index in [1.54, 1.807) is 21.0 Å². The van der Waals surface area contributed by atoms with Gasteiger partial charge in [-0.15, -0.1) is 11.8 Å². The van der Waals surface area contributed by atoms with Crippen molar-refractivity contribution in [3.05, 3.63) is 40.4 Å². The first-order chi connectivity index (χ1) is 14.4. The van der Waals surface area contributed by atoms with Crippen molar-refractivity contribution in [2.75, 3.05) is 24.8 Å². The van der Waals surface area contributed by atoms with E-state index in [1.165, 1.54) is 11.8 Å². The van der Waals surface area contributed by atoms with Crippen LogP contribution < -0.4 is 10.1 Å². The Morgan fingerprint density at radius 2 is 2.03 bits per heavy atom. The molecule has 0 saturated carbocycles. The number of amides is 1. The molecular weight excluding hydrogens is 422 g/mol. The summed E-state index contributed by atoms with van der Waals surface area (Å²) < 4.78 is 10.4. The highest BCUT2D eigenvalue weighted by molar-refractivity contribution is 7.99. The van der Waals surface area contributed by atoms with Gasteiger partial charge in [0.25, 0.3) is 0 Å². The molecule has 0 aliphatic carbocycles. The second-order valence-corrected chi connectivity index (χ2v) is 8.55. The molecule has 0 aliphatic heterocycles. The molecule has 1 amide bonds. The van der Waals surface area contributed by atoms with Crippen molar-refractivity contribution in [1.82, 2.24) is 9.97 Å². The number of carbonyl (C=O) groups is 2. The summed E-state index contributed by atoms with van der Waals surface area (Å²) in [5, 5.41) is 5.04. The van der Waals surface area contributed by atoms with Crippen molar-refractivity contribution in [2.45, 2.75) is 32.2 Å². The number of nitrogens with one attached hydrogen (secondary N) is 1. The van der Waals surface area contributed by atoms with Crippen LogP contribution >= 0.6 is 23.1 Å². The Morgan fingerprint density at radius 1 is 1.23 bits per heavy atom. The third-order valence-electron chi connectivity index (χ3n) is 4.29. The van der Waals surface area contributed by atoms with Crippen LogP contribution in [0.1, 0.15) is 34.3 Å². The van der Waals surface area contributed by atoms with E-state index in [1.807, 2.05) is 31.2 Å². The molecule has 0 spiro atoms. The molecule has 0 bridgehead atoms. The summed E-state index contributed by atoms with van der Waals surface area (Å²) in [4.78, 5) is 33.5. The maximum atomic E-state index is 12.3. The van der Waals surface area contributed by atoms with Gasteiger partial charge in [0.1, 0.15) is 16.1 Å². The molecule has 0 saturated heterocycles. The van der Waals surface area contributed by atoms with Gasteiger partial charge in [-0.25, -0.2) is 14.8 Å². The number of aromatic nitrogens is 2. The van der Waals surface area contributed by atoms with E-state index in [9.17, 15) is 9.59 Å². The molecule has 3 rings (SSSR count). The van der Waals surface area contributed by atoms with Crippen LogP contribution in [0.2, 0.25) is 0 Å². The summed E-state index contributed by atoms with van der Waals surface area (Å²) in [6.45, 7) is 5.79. The lowest BCUT2D eigenvalue weighted by atomic mass is 10.1. The third kappa shape index (κ3) is 5.09. The number of aryl methyl sites for hydroxylation is 2. The molecule has 9 heteroatoms. The van der Waals surface area contributed by atoms with E-state index < -0.39 is 5.97 Å². The van der Waals surface area contributed by atoms with Crippen molar-refractivity contribution in [2.24, 2.45) is 0 Å². The number of para-hydroxylation sites is 1. The van der Waals surface area contributed by atoms with Crippen molar-refractivity contribution < 1.29 is 19.1 Å². The number of hydrogen-bond donors (Lipinski definition) is 1. The maximum absolute atomic E-state index is 12.3. The van der Waals surface area contributed by atoms with Crippen molar-refractivity contribution >= 4 is 51.0 Å². The monoisotopic (exact) mass is 445 g/mol. The molecule has 1 N–H and O–H groups in total. The summed E-state index contributed by atoms with van der Waals surface area (Å²) in [5.41, 5.74) is 2.47. The molecule has 2 aromatic heterocycles. The standard InChI is InChI=1S/C21H23N3O4S2/c1-5-28-20(26)19-13(3)22-21(30-19)23-16(25)9-10-29-17-11-12(2)14-7-6-8-15(27-4)18(14)24-17/h6-8,11H,5,9-10H2,1-4H3,(H,22,23,25). The Kier molecular flexibility index (Phi) is 7.28. The molecule has 0 radical (unpaired) electrons. The van der Waals surface area contributed by atoms with Crippen molar-refractivity contribution in [3.8, 4) is 5.75 Å². The van der Waals surface area contributed by atoms with Gasteiger partial charge < -0.3 is 14.8 Å². The van der Waals surface area contributed by atoms with Gasteiger partial charge in [0.2, 0.25) is 5.91 Å². The minimum absolute atomic E-state index is 0.165. The predicted octanol–water partition coefficient (Wildman–Crippen LogP) is 4.61. The fourth-order valence-corrected chi connectivity index (χ4v) is 4.65. The molecule has 7 nitrogen and oxygen atoms in total. The molecule has 158 valence electrons. The zero-order chi connectivity index (χ0) is 21.7. The van der Waals surface area contributed by atoms with Crippen LogP contribution in [0, 0.1) is 13.8 Å². The van der Waals surface area contributed by atoms with Crippen LogP contribution in [0.4, 0.5) is 5.13 Å². The van der Waals surface area contributed by atoms with E-state index >= 15 is 0 Å². The van der Waals surface area contributed by atoms with Gasteiger partial charge in [0, 0.05) is 17.6 Å². The Bertz CT molecular complexity index is 1080. The van der Waals surface area contributed by atoms with Gasteiger partial charge in [-0.2, -0.15) is 0 Å². The molecule has 0 aliphatic rings. The van der Waals surface area contributed by atoms with Gasteiger partial charge in [-0.3, -0.25) is 4.79 Å². The first-order valence-corrected chi connectivity index (χ1v) is 11.2. The number of ether oxygens (including phenoxy) is 2. The Balaban J connectivity index is 1.60. The van der Waals surface area contributed by atoms with Gasteiger partial charge >= 0.3 is 5.97 Å². The highest BCUT2D eigenvalue weighted by atomic mass is 32.2. The Hall–Kier alpha value is -2.65. The SMILES string of the molecule is CCOC(=O)c1sc(NC(=O)CCSc2cc(C)c3cccc(OC)c3n2)nc1C. The van der Waals surface area contributed by atoms with Crippen LogP contribution in [0.15, 0.2) is 29.3 Å². The fraction of sp³-hybridized carbons (Fsp3) is 0.333.